The summed E-state index contributed by atoms with van der Waals surface area (Å²) in [6, 6.07) is 6.23. The number of benzene rings is 1. The third kappa shape index (κ3) is 3.29. The first-order valence-electron chi connectivity index (χ1n) is 6.48. The summed E-state index contributed by atoms with van der Waals surface area (Å²) in [5.41, 5.74) is 7.74. The smallest absolute Gasteiger partial charge is 0.0577 e. The van der Waals surface area contributed by atoms with Gasteiger partial charge in [0.05, 0.1) is 11.4 Å². The van der Waals surface area contributed by atoms with Crippen molar-refractivity contribution in [2.45, 2.75) is 45.1 Å². The third-order valence-corrected chi connectivity index (χ3v) is 3.95. The summed E-state index contributed by atoms with van der Waals surface area (Å²) in [5.74, 6) is 0.715. The van der Waals surface area contributed by atoms with Crippen LogP contribution in [0.1, 0.15) is 39.0 Å². The zero-order valence-corrected chi connectivity index (χ0v) is 11.1. The van der Waals surface area contributed by atoms with Crippen LogP contribution in [0.3, 0.4) is 0 Å². The molecule has 2 unspecified atom stereocenters. The molecule has 0 radical (unpaired) electrons. The third-order valence-electron chi connectivity index (χ3n) is 3.72. The van der Waals surface area contributed by atoms with Gasteiger partial charge in [-0.25, -0.2) is 0 Å². The summed E-state index contributed by atoms with van der Waals surface area (Å²) in [4.78, 5) is 0. The maximum atomic E-state index is 5.98. The molecule has 0 spiro atoms. The topological polar surface area (TPSA) is 38.0 Å². The van der Waals surface area contributed by atoms with Crippen LogP contribution >= 0.6 is 11.6 Å². The van der Waals surface area contributed by atoms with E-state index in [0.717, 1.165) is 11.4 Å². The first kappa shape index (κ1) is 12.6. The van der Waals surface area contributed by atoms with Crippen LogP contribution in [0.2, 0.25) is 5.02 Å². The summed E-state index contributed by atoms with van der Waals surface area (Å²) >= 11 is 5.91. The molecule has 1 aromatic rings. The second-order valence-electron chi connectivity index (χ2n) is 5.10. The minimum absolute atomic E-state index is 0.543. The first-order valence-corrected chi connectivity index (χ1v) is 6.86. The van der Waals surface area contributed by atoms with E-state index in [0.29, 0.717) is 17.0 Å². The lowest BCUT2D eigenvalue weighted by Gasteiger charge is -2.24. The molecule has 0 aliphatic heterocycles. The summed E-state index contributed by atoms with van der Waals surface area (Å²) in [5, 5.41) is 4.28. The van der Waals surface area contributed by atoms with Crippen LogP contribution in [0.15, 0.2) is 18.2 Å². The molecular weight excluding hydrogens is 232 g/mol. The lowest BCUT2D eigenvalue weighted by Crippen LogP contribution is -2.26. The molecule has 0 aromatic heterocycles. The number of hydrogen-bond donors (Lipinski definition) is 2. The van der Waals surface area contributed by atoms with Gasteiger partial charge >= 0.3 is 0 Å². The number of anilines is 2. The van der Waals surface area contributed by atoms with Crippen LogP contribution < -0.4 is 11.1 Å². The maximum absolute atomic E-state index is 5.98. The van der Waals surface area contributed by atoms with Gasteiger partial charge in [0.2, 0.25) is 0 Å². The minimum atomic E-state index is 0.543. The Balaban J connectivity index is 2.08. The number of nitrogens with two attached hydrogens (primary N) is 1. The Morgan fingerprint density at radius 2 is 2.00 bits per heavy atom. The fourth-order valence-electron chi connectivity index (χ4n) is 2.57. The van der Waals surface area contributed by atoms with Gasteiger partial charge < -0.3 is 11.1 Å². The van der Waals surface area contributed by atoms with Crippen molar-refractivity contribution in [3.8, 4) is 0 Å². The average Bonchev–Trinajstić information content (AvgIpc) is 2.48. The summed E-state index contributed by atoms with van der Waals surface area (Å²) in [6.07, 6.45) is 6.58. The van der Waals surface area contributed by atoms with Crippen molar-refractivity contribution >= 4 is 23.0 Å². The molecule has 0 heterocycles. The van der Waals surface area contributed by atoms with E-state index < -0.39 is 0 Å². The largest absolute Gasteiger partial charge is 0.397 e. The highest BCUT2D eigenvalue weighted by molar-refractivity contribution is 6.31. The van der Waals surface area contributed by atoms with Crippen LogP contribution in [0.4, 0.5) is 11.4 Å². The van der Waals surface area contributed by atoms with Crippen molar-refractivity contribution in [1.29, 1.82) is 0 Å². The van der Waals surface area contributed by atoms with E-state index in [1.807, 2.05) is 18.2 Å². The van der Waals surface area contributed by atoms with Crippen LogP contribution in [0.5, 0.6) is 0 Å². The normalized spacial score (nSPS) is 25.3. The monoisotopic (exact) mass is 252 g/mol. The molecule has 2 nitrogen and oxygen atoms in total. The van der Waals surface area contributed by atoms with E-state index in [-0.39, 0.29) is 0 Å². The number of halogens is 1. The second kappa shape index (κ2) is 5.63. The highest BCUT2D eigenvalue weighted by Crippen LogP contribution is 2.29. The van der Waals surface area contributed by atoms with Crippen molar-refractivity contribution in [2.75, 3.05) is 11.1 Å². The summed E-state index contributed by atoms with van der Waals surface area (Å²) < 4.78 is 0. The van der Waals surface area contributed by atoms with Gasteiger partial charge in [-0.15, -0.1) is 0 Å². The van der Waals surface area contributed by atoms with E-state index >= 15 is 0 Å². The Labute approximate surface area is 109 Å². The average molecular weight is 253 g/mol. The molecule has 1 aliphatic carbocycles. The van der Waals surface area contributed by atoms with E-state index in [9.17, 15) is 0 Å². The SMILES string of the molecule is CC1CCCCCC1Nc1ccc(Cl)cc1N. The van der Waals surface area contributed by atoms with Crippen molar-refractivity contribution in [3.05, 3.63) is 23.2 Å². The Bertz CT molecular complexity index is 378. The molecule has 2 atom stereocenters. The molecule has 2 rings (SSSR count). The molecule has 1 fully saturated rings. The molecule has 3 heteroatoms. The van der Waals surface area contributed by atoms with Crippen molar-refractivity contribution in [3.63, 3.8) is 0 Å². The lowest BCUT2D eigenvalue weighted by atomic mass is 9.96. The van der Waals surface area contributed by atoms with E-state index in [1.165, 1.54) is 32.1 Å². The number of nitrogen functional groups attached to an aromatic ring is 1. The van der Waals surface area contributed by atoms with E-state index in [4.69, 9.17) is 17.3 Å². The van der Waals surface area contributed by atoms with Gasteiger partial charge in [-0.2, -0.15) is 0 Å². The predicted octanol–water partition coefficient (Wildman–Crippen LogP) is 4.30. The molecule has 0 saturated heterocycles. The summed E-state index contributed by atoms with van der Waals surface area (Å²) in [6.45, 7) is 2.33. The van der Waals surface area contributed by atoms with Gasteiger partial charge in [-0.3, -0.25) is 0 Å². The molecule has 1 saturated carbocycles. The minimum Gasteiger partial charge on any atom is -0.397 e. The number of nitrogens with one attached hydrogen (secondary N) is 1. The molecule has 0 bridgehead atoms. The van der Waals surface area contributed by atoms with Gasteiger partial charge in [0, 0.05) is 11.1 Å². The molecular formula is C14H21ClN2. The van der Waals surface area contributed by atoms with Gasteiger partial charge in [0.25, 0.3) is 0 Å². The highest BCUT2D eigenvalue weighted by atomic mass is 35.5. The molecule has 1 aliphatic rings. The summed E-state index contributed by atoms with van der Waals surface area (Å²) in [7, 11) is 0. The van der Waals surface area contributed by atoms with Crippen molar-refractivity contribution < 1.29 is 0 Å². The van der Waals surface area contributed by atoms with Crippen LogP contribution in [0, 0.1) is 5.92 Å². The van der Waals surface area contributed by atoms with Crippen LogP contribution in [-0.4, -0.2) is 6.04 Å². The van der Waals surface area contributed by atoms with Crippen molar-refractivity contribution in [2.24, 2.45) is 5.92 Å². The Hall–Kier alpha value is -0.890. The highest BCUT2D eigenvalue weighted by Gasteiger charge is 2.20. The van der Waals surface area contributed by atoms with Crippen LogP contribution in [-0.2, 0) is 0 Å². The molecule has 0 amide bonds. The van der Waals surface area contributed by atoms with Gasteiger partial charge in [0.15, 0.2) is 0 Å². The zero-order chi connectivity index (χ0) is 12.3. The van der Waals surface area contributed by atoms with Gasteiger partial charge in [-0.1, -0.05) is 37.8 Å². The lowest BCUT2D eigenvalue weighted by molar-refractivity contribution is 0.457. The van der Waals surface area contributed by atoms with E-state index in [1.54, 1.807) is 0 Å². The fourth-order valence-corrected chi connectivity index (χ4v) is 2.75. The Morgan fingerprint density at radius 1 is 1.24 bits per heavy atom. The zero-order valence-electron chi connectivity index (χ0n) is 10.4. The van der Waals surface area contributed by atoms with Crippen molar-refractivity contribution in [1.82, 2.24) is 0 Å². The quantitative estimate of drug-likeness (QED) is 0.608. The molecule has 17 heavy (non-hydrogen) atoms. The predicted molar refractivity (Wildman–Crippen MR) is 75.5 cm³/mol. The Kier molecular flexibility index (Phi) is 4.16. The molecule has 1 aromatic carbocycles. The number of hydrogen-bond acceptors (Lipinski definition) is 2. The fraction of sp³-hybridized carbons (Fsp3) is 0.571. The second-order valence-corrected chi connectivity index (χ2v) is 5.53. The maximum Gasteiger partial charge on any atom is 0.0577 e. The first-order chi connectivity index (χ1) is 8.16. The van der Waals surface area contributed by atoms with Crippen LogP contribution in [0.25, 0.3) is 0 Å². The molecule has 3 N–H and O–H groups in total. The standard InChI is InChI=1S/C14H21ClN2/c1-10-5-3-2-4-6-13(10)17-14-8-7-11(15)9-12(14)16/h7-10,13,17H,2-6,16H2,1H3. The van der Waals surface area contributed by atoms with Gasteiger partial charge in [-0.05, 0) is 37.0 Å². The van der Waals surface area contributed by atoms with E-state index in [2.05, 4.69) is 12.2 Å². The Morgan fingerprint density at radius 3 is 2.76 bits per heavy atom. The molecule has 94 valence electrons. The van der Waals surface area contributed by atoms with Gasteiger partial charge in [0.1, 0.15) is 0 Å². The number of rotatable bonds is 2.